The number of nitro groups is 1. The minimum absolute atomic E-state index is 0.0500. The van der Waals surface area contributed by atoms with Crippen LogP contribution in [0.1, 0.15) is 5.56 Å². The standard InChI is InChI=1S/C14H10N4O3S/c19-14-16-13(15-12-3-1-2-8-17(12)14)22-9-10-4-6-11(7-5-10)18(20)21/h1-8H,9H2. The molecule has 0 aliphatic carbocycles. The summed E-state index contributed by atoms with van der Waals surface area (Å²) in [5.74, 6) is 0.528. The van der Waals surface area contributed by atoms with Crippen molar-refractivity contribution in [2.24, 2.45) is 0 Å². The Morgan fingerprint density at radius 3 is 2.64 bits per heavy atom. The lowest BCUT2D eigenvalue weighted by Crippen LogP contribution is -2.18. The number of aromatic nitrogens is 3. The number of non-ortho nitro benzene ring substituents is 1. The topological polar surface area (TPSA) is 90.4 Å². The summed E-state index contributed by atoms with van der Waals surface area (Å²) in [4.78, 5) is 30.2. The van der Waals surface area contributed by atoms with Crippen LogP contribution in [0.5, 0.6) is 0 Å². The highest BCUT2D eigenvalue weighted by atomic mass is 32.2. The van der Waals surface area contributed by atoms with Gasteiger partial charge in [-0.2, -0.15) is 4.98 Å². The first-order valence-electron chi connectivity index (χ1n) is 6.35. The van der Waals surface area contributed by atoms with Crippen molar-refractivity contribution < 1.29 is 4.92 Å². The summed E-state index contributed by atoms with van der Waals surface area (Å²) in [6.45, 7) is 0. The molecule has 0 unspecified atom stereocenters. The molecule has 0 aliphatic heterocycles. The second-order valence-corrected chi connectivity index (χ2v) is 5.37. The molecule has 110 valence electrons. The molecule has 0 bridgehead atoms. The van der Waals surface area contributed by atoms with Crippen LogP contribution in [0, 0.1) is 10.1 Å². The summed E-state index contributed by atoms with van der Waals surface area (Å²) >= 11 is 1.31. The van der Waals surface area contributed by atoms with Crippen LogP contribution >= 0.6 is 11.8 Å². The molecule has 8 heteroatoms. The number of hydrogen-bond acceptors (Lipinski definition) is 6. The zero-order chi connectivity index (χ0) is 15.5. The van der Waals surface area contributed by atoms with Crippen LogP contribution in [0.3, 0.4) is 0 Å². The van der Waals surface area contributed by atoms with E-state index in [2.05, 4.69) is 9.97 Å². The SMILES string of the molecule is O=c1nc(SCc2ccc([N+](=O)[O-])cc2)nc2ccccn12. The van der Waals surface area contributed by atoms with E-state index in [4.69, 9.17) is 0 Å². The van der Waals surface area contributed by atoms with Crippen molar-refractivity contribution in [3.63, 3.8) is 0 Å². The molecular formula is C14H10N4O3S. The second-order valence-electron chi connectivity index (χ2n) is 4.43. The zero-order valence-electron chi connectivity index (χ0n) is 11.2. The van der Waals surface area contributed by atoms with Gasteiger partial charge in [-0.1, -0.05) is 30.0 Å². The van der Waals surface area contributed by atoms with E-state index >= 15 is 0 Å². The molecule has 3 rings (SSSR count). The lowest BCUT2D eigenvalue weighted by atomic mass is 10.2. The third-order valence-electron chi connectivity index (χ3n) is 2.96. The first kappa shape index (κ1) is 14.2. The lowest BCUT2D eigenvalue weighted by molar-refractivity contribution is -0.384. The first-order chi connectivity index (χ1) is 10.6. The van der Waals surface area contributed by atoms with Gasteiger partial charge < -0.3 is 0 Å². The molecule has 0 amide bonds. The van der Waals surface area contributed by atoms with Gasteiger partial charge in [0.05, 0.1) is 4.92 Å². The van der Waals surface area contributed by atoms with Crippen molar-refractivity contribution in [1.29, 1.82) is 0 Å². The summed E-state index contributed by atoms with van der Waals surface area (Å²) in [6, 6.07) is 11.5. The number of thioether (sulfide) groups is 1. The molecule has 2 heterocycles. The van der Waals surface area contributed by atoms with Crippen molar-refractivity contribution in [1.82, 2.24) is 14.4 Å². The molecule has 7 nitrogen and oxygen atoms in total. The minimum atomic E-state index is -0.440. The third-order valence-corrected chi connectivity index (χ3v) is 3.88. The highest BCUT2D eigenvalue weighted by molar-refractivity contribution is 7.98. The Kier molecular flexibility index (Phi) is 3.84. The maximum absolute atomic E-state index is 11.9. The van der Waals surface area contributed by atoms with Crippen molar-refractivity contribution in [2.75, 3.05) is 0 Å². The van der Waals surface area contributed by atoms with Crippen LogP contribution in [-0.2, 0) is 5.75 Å². The largest absolute Gasteiger partial charge is 0.355 e. The number of hydrogen-bond donors (Lipinski definition) is 0. The molecule has 0 saturated carbocycles. The summed E-state index contributed by atoms with van der Waals surface area (Å²) < 4.78 is 1.37. The number of nitro benzene ring substituents is 1. The highest BCUT2D eigenvalue weighted by Crippen LogP contribution is 2.20. The summed E-state index contributed by atoms with van der Waals surface area (Å²) in [7, 11) is 0. The van der Waals surface area contributed by atoms with Crippen molar-refractivity contribution in [3.05, 3.63) is 74.8 Å². The Morgan fingerprint density at radius 2 is 1.91 bits per heavy atom. The molecule has 1 aromatic carbocycles. The quantitative estimate of drug-likeness (QED) is 0.417. The average Bonchev–Trinajstić information content (AvgIpc) is 2.53. The molecular weight excluding hydrogens is 304 g/mol. The third kappa shape index (κ3) is 2.96. The second kappa shape index (κ2) is 5.94. The van der Waals surface area contributed by atoms with Crippen LogP contribution in [-0.4, -0.2) is 19.3 Å². The Morgan fingerprint density at radius 1 is 1.14 bits per heavy atom. The van der Waals surface area contributed by atoms with Gasteiger partial charge in [-0.15, -0.1) is 0 Å². The molecule has 0 aliphatic rings. The number of pyridine rings is 1. The van der Waals surface area contributed by atoms with Gasteiger partial charge in [-0.05, 0) is 17.7 Å². The van der Waals surface area contributed by atoms with Gasteiger partial charge in [-0.3, -0.25) is 14.5 Å². The van der Waals surface area contributed by atoms with E-state index in [0.29, 0.717) is 16.6 Å². The van der Waals surface area contributed by atoms with Crippen LogP contribution in [0.4, 0.5) is 5.69 Å². The molecule has 3 aromatic rings. The van der Waals surface area contributed by atoms with Gasteiger partial charge in [0.2, 0.25) is 0 Å². The van der Waals surface area contributed by atoms with Crippen LogP contribution in [0.15, 0.2) is 58.6 Å². The van der Waals surface area contributed by atoms with E-state index in [1.54, 1.807) is 36.5 Å². The van der Waals surface area contributed by atoms with E-state index in [1.165, 1.54) is 28.3 Å². The molecule has 0 spiro atoms. The lowest BCUT2D eigenvalue weighted by Gasteiger charge is -2.03. The maximum Gasteiger partial charge on any atom is 0.355 e. The van der Waals surface area contributed by atoms with Crippen LogP contribution < -0.4 is 5.69 Å². The maximum atomic E-state index is 11.9. The van der Waals surface area contributed by atoms with Crippen molar-refractivity contribution >= 4 is 23.1 Å². The van der Waals surface area contributed by atoms with Crippen LogP contribution in [0.2, 0.25) is 0 Å². The molecule has 0 fully saturated rings. The fourth-order valence-corrected chi connectivity index (χ4v) is 2.66. The van der Waals surface area contributed by atoms with Crippen molar-refractivity contribution in [2.45, 2.75) is 10.9 Å². The monoisotopic (exact) mass is 314 g/mol. The molecule has 22 heavy (non-hydrogen) atoms. The van der Waals surface area contributed by atoms with Gasteiger partial charge in [0.1, 0.15) is 5.65 Å². The van der Waals surface area contributed by atoms with E-state index in [0.717, 1.165) is 5.56 Å². The minimum Gasteiger partial charge on any atom is -0.258 e. The van der Waals surface area contributed by atoms with E-state index in [1.807, 2.05) is 0 Å². The van der Waals surface area contributed by atoms with Gasteiger partial charge in [-0.25, -0.2) is 9.78 Å². The number of nitrogens with zero attached hydrogens (tertiary/aromatic N) is 4. The normalized spacial score (nSPS) is 10.7. The zero-order valence-corrected chi connectivity index (χ0v) is 12.1. The Labute approximate surface area is 128 Å². The Hall–Kier alpha value is -2.74. The smallest absolute Gasteiger partial charge is 0.258 e. The fraction of sp³-hybridized carbons (Fsp3) is 0.0714. The molecule has 0 radical (unpaired) electrons. The van der Waals surface area contributed by atoms with Crippen LogP contribution in [0.25, 0.3) is 5.65 Å². The van der Waals surface area contributed by atoms with E-state index < -0.39 is 4.92 Å². The van der Waals surface area contributed by atoms with Gasteiger partial charge in [0.25, 0.3) is 5.69 Å². The average molecular weight is 314 g/mol. The van der Waals surface area contributed by atoms with Gasteiger partial charge in [0.15, 0.2) is 5.16 Å². The van der Waals surface area contributed by atoms with Gasteiger partial charge >= 0.3 is 5.69 Å². The number of benzene rings is 1. The number of rotatable bonds is 4. The van der Waals surface area contributed by atoms with E-state index in [9.17, 15) is 14.9 Å². The van der Waals surface area contributed by atoms with Gasteiger partial charge in [0, 0.05) is 24.1 Å². The molecule has 0 atom stereocenters. The fourth-order valence-electron chi connectivity index (χ4n) is 1.87. The molecule has 2 aromatic heterocycles. The summed E-state index contributed by atoms with van der Waals surface area (Å²) in [5.41, 5.74) is 1.10. The number of fused-ring (bicyclic) bond motifs is 1. The molecule has 0 saturated heterocycles. The predicted octanol–water partition coefficient (Wildman–Crippen LogP) is 2.29. The highest BCUT2D eigenvalue weighted by Gasteiger charge is 2.07. The van der Waals surface area contributed by atoms with Crippen molar-refractivity contribution in [3.8, 4) is 0 Å². The predicted molar refractivity (Wildman–Crippen MR) is 81.9 cm³/mol. The summed E-state index contributed by atoms with van der Waals surface area (Å²) in [5, 5.41) is 11.0. The molecule has 0 N–H and O–H groups in total. The Balaban J connectivity index is 1.79. The van der Waals surface area contributed by atoms with E-state index in [-0.39, 0.29) is 11.4 Å². The first-order valence-corrected chi connectivity index (χ1v) is 7.33. The Bertz CT molecular complexity index is 892. The summed E-state index contributed by atoms with van der Waals surface area (Å²) in [6.07, 6.45) is 1.61.